The maximum absolute atomic E-state index is 13.5. The molecule has 0 bridgehead atoms. The molecule has 1 aliphatic heterocycles. The molecule has 0 N–H and O–H groups in total. The number of hydrogen-bond donors (Lipinski definition) is 0. The topological polar surface area (TPSA) is 60.7 Å². The van der Waals surface area contributed by atoms with Crippen molar-refractivity contribution in [2.75, 3.05) is 6.61 Å². The Bertz CT molecular complexity index is 1430. The molecule has 2 heterocycles. The van der Waals surface area contributed by atoms with Crippen LogP contribution in [0, 0.1) is 0 Å². The molecule has 0 radical (unpaired) electrons. The Kier molecular flexibility index (Phi) is 7.08. The van der Waals surface area contributed by atoms with E-state index in [0.717, 1.165) is 11.1 Å². The van der Waals surface area contributed by atoms with Gasteiger partial charge < -0.3 is 4.74 Å². The second-order valence-corrected chi connectivity index (χ2v) is 9.44. The van der Waals surface area contributed by atoms with Crippen molar-refractivity contribution in [1.29, 1.82) is 0 Å². The number of nitrogens with zero attached hydrogens (tertiary/aromatic N) is 2. The van der Waals surface area contributed by atoms with E-state index in [1.165, 1.54) is 16.9 Å². The molecule has 34 heavy (non-hydrogen) atoms. The van der Waals surface area contributed by atoms with Crippen molar-refractivity contribution in [1.82, 2.24) is 4.57 Å². The second kappa shape index (κ2) is 10.2. The SMILES string of the molecule is CCOC(=O)C1=C(C)N=c2s/c(=C/c3ccc(C(C)C)cc3)c(=O)n2[C@H]1/C=C/c1ccccc1. The molecule has 0 unspecified atom stereocenters. The molecule has 2 aromatic carbocycles. The van der Waals surface area contributed by atoms with Crippen LogP contribution in [0.25, 0.3) is 12.2 Å². The molecule has 0 fully saturated rings. The van der Waals surface area contributed by atoms with Crippen molar-refractivity contribution in [2.24, 2.45) is 4.99 Å². The first kappa shape index (κ1) is 23.6. The van der Waals surface area contributed by atoms with Crippen LogP contribution in [0.5, 0.6) is 0 Å². The molecule has 174 valence electrons. The van der Waals surface area contributed by atoms with Crippen LogP contribution in [-0.4, -0.2) is 17.1 Å². The first-order valence-electron chi connectivity index (χ1n) is 11.4. The number of fused-ring (bicyclic) bond motifs is 1. The zero-order valence-corrected chi connectivity index (χ0v) is 20.6. The lowest BCUT2D eigenvalue weighted by atomic mass is 10.0. The van der Waals surface area contributed by atoms with Crippen LogP contribution in [-0.2, 0) is 9.53 Å². The van der Waals surface area contributed by atoms with Crippen LogP contribution in [0.1, 0.15) is 56.3 Å². The first-order chi connectivity index (χ1) is 16.4. The summed E-state index contributed by atoms with van der Waals surface area (Å²) in [4.78, 5) is 31.5. The Hall–Kier alpha value is -3.51. The predicted molar refractivity (Wildman–Crippen MR) is 137 cm³/mol. The van der Waals surface area contributed by atoms with E-state index in [4.69, 9.17) is 4.74 Å². The van der Waals surface area contributed by atoms with E-state index in [9.17, 15) is 9.59 Å². The van der Waals surface area contributed by atoms with E-state index >= 15 is 0 Å². The fourth-order valence-electron chi connectivity index (χ4n) is 3.91. The molecule has 5 nitrogen and oxygen atoms in total. The van der Waals surface area contributed by atoms with Gasteiger partial charge in [0.05, 0.1) is 28.5 Å². The molecule has 0 amide bonds. The van der Waals surface area contributed by atoms with Gasteiger partial charge in [-0.1, -0.05) is 91.9 Å². The monoisotopic (exact) mass is 472 g/mol. The van der Waals surface area contributed by atoms with Crippen molar-refractivity contribution in [3.8, 4) is 0 Å². The number of carbonyl (C=O) groups excluding carboxylic acids is 1. The summed E-state index contributed by atoms with van der Waals surface area (Å²) in [5, 5.41) is 0. The highest BCUT2D eigenvalue weighted by Crippen LogP contribution is 2.26. The number of ether oxygens (including phenoxy) is 1. The summed E-state index contributed by atoms with van der Waals surface area (Å²) in [5.41, 5.74) is 3.96. The van der Waals surface area contributed by atoms with E-state index in [-0.39, 0.29) is 12.2 Å². The van der Waals surface area contributed by atoms with E-state index in [2.05, 4.69) is 31.0 Å². The average Bonchev–Trinajstić information content (AvgIpc) is 3.12. The van der Waals surface area contributed by atoms with E-state index in [0.29, 0.717) is 26.5 Å². The Morgan fingerprint density at radius 3 is 2.47 bits per heavy atom. The lowest BCUT2D eigenvalue weighted by molar-refractivity contribution is -0.139. The highest BCUT2D eigenvalue weighted by Gasteiger charge is 2.30. The molecule has 1 aliphatic rings. The molecule has 6 heteroatoms. The molecule has 0 aliphatic carbocycles. The number of rotatable bonds is 6. The quantitative estimate of drug-likeness (QED) is 0.493. The van der Waals surface area contributed by atoms with E-state index < -0.39 is 12.0 Å². The van der Waals surface area contributed by atoms with E-state index in [1.807, 2.05) is 60.7 Å². The van der Waals surface area contributed by atoms with Crippen LogP contribution in [0.3, 0.4) is 0 Å². The van der Waals surface area contributed by atoms with Crippen molar-refractivity contribution < 1.29 is 9.53 Å². The van der Waals surface area contributed by atoms with Crippen LogP contribution < -0.4 is 14.9 Å². The Morgan fingerprint density at radius 2 is 1.82 bits per heavy atom. The van der Waals surface area contributed by atoms with Crippen molar-refractivity contribution in [3.05, 3.63) is 108 Å². The Labute approximate surface area is 203 Å². The van der Waals surface area contributed by atoms with Gasteiger partial charge in [0.2, 0.25) is 0 Å². The highest BCUT2D eigenvalue weighted by molar-refractivity contribution is 7.07. The van der Waals surface area contributed by atoms with Crippen LogP contribution in [0.15, 0.2) is 81.7 Å². The first-order valence-corrected chi connectivity index (χ1v) is 12.2. The van der Waals surface area contributed by atoms with Gasteiger partial charge in [0.15, 0.2) is 4.80 Å². The van der Waals surface area contributed by atoms with Crippen molar-refractivity contribution in [3.63, 3.8) is 0 Å². The summed E-state index contributed by atoms with van der Waals surface area (Å²) in [6.45, 7) is 8.11. The van der Waals surface area contributed by atoms with Gasteiger partial charge in [-0.05, 0) is 42.5 Å². The van der Waals surface area contributed by atoms with Crippen LogP contribution in [0.2, 0.25) is 0 Å². The molecular formula is C28H28N2O3S. The maximum Gasteiger partial charge on any atom is 0.338 e. The third kappa shape index (κ3) is 4.87. The summed E-state index contributed by atoms with van der Waals surface area (Å²) >= 11 is 1.33. The molecule has 0 saturated heterocycles. The number of carbonyl (C=O) groups is 1. The number of hydrogen-bond acceptors (Lipinski definition) is 5. The Morgan fingerprint density at radius 1 is 1.12 bits per heavy atom. The minimum Gasteiger partial charge on any atom is -0.463 e. The van der Waals surface area contributed by atoms with E-state index in [1.54, 1.807) is 18.4 Å². The van der Waals surface area contributed by atoms with Gasteiger partial charge in [-0.2, -0.15) is 0 Å². The third-order valence-corrected chi connectivity index (χ3v) is 6.71. The molecular weight excluding hydrogens is 444 g/mol. The highest BCUT2D eigenvalue weighted by atomic mass is 32.1. The average molecular weight is 473 g/mol. The van der Waals surface area contributed by atoms with Gasteiger partial charge in [-0.15, -0.1) is 0 Å². The fourth-order valence-corrected chi connectivity index (χ4v) is 4.97. The fraction of sp³-hybridized carbons (Fsp3) is 0.250. The number of benzene rings is 2. The predicted octanol–water partition coefficient (Wildman–Crippen LogP) is 4.59. The summed E-state index contributed by atoms with van der Waals surface area (Å²) in [6, 6.07) is 17.4. The minimum atomic E-state index is -0.596. The third-order valence-electron chi connectivity index (χ3n) is 5.73. The Balaban J connectivity index is 1.83. The van der Waals surface area contributed by atoms with Crippen molar-refractivity contribution >= 4 is 29.5 Å². The summed E-state index contributed by atoms with van der Waals surface area (Å²) in [5.74, 6) is -0.00921. The number of esters is 1. The van der Waals surface area contributed by atoms with Gasteiger partial charge >= 0.3 is 5.97 Å². The molecule has 1 aromatic heterocycles. The van der Waals surface area contributed by atoms with Gasteiger partial charge in [-0.3, -0.25) is 9.36 Å². The summed E-state index contributed by atoms with van der Waals surface area (Å²) in [6.07, 6.45) is 5.68. The largest absolute Gasteiger partial charge is 0.463 e. The number of allylic oxidation sites excluding steroid dienone is 2. The standard InChI is InChI=1S/C28H28N2O3S/c1-5-33-27(32)25-19(4)29-28-30(23(25)16-13-20-9-7-6-8-10-20)26(31)24(34-28)17-21-11-14-22(15-12-21)18(2)3/h6-18,23H,5H2,1-4H3/b16-13+,24-17+/t23-/m0/s1. The smallest absolute Gasteiger partial charge is 0.338 e. The van der Waals surface area contributed by atoms with Gasteiger partial charge in [0, 0.05) is 0 Å². The van der Waals surface area contributed by atoms with Gasteiger partial charge in [0.25, 0.3) is 5.56 Å². The number of aromatic nitrogens is 1. The zero-order valence-electron chi connectivity index (χ0n) is 19.8. The van der Waals surface area contributed by atoms with Crippen molar-refractivity contribution in [2.45, 2.75) is 39.7 Å². The van der Waals surface area contributed by atoms with Crippen LogP contribution >= 0.6 is 11.3 Å². The molecule has 1 atom stereocenters. The zero-order chi connectivity index (χ0) is 24.2. The molecule has 3 aromatic rings. The molecule has 4 rings (SSSR count). The van der Waals surface area contributed by atoms with Crippen LogP contribution in [0.4, 0.5) is 0 Å². The maximum atomic E-state index is 13.5. The molecule has 0 spiro atoms. The van der Waals surface area contributed by atoms with Gasteiger partial charge in [-0.25, -0.2) is 9.79 Å². The lowest BCUT2D eigenvalue weighted by Crippen LogP contribution is -2.38. The molecule has 0 saturated carbocycles. The lowest BCUT2D eigenvalue weighted by Gasteiger charge is -2.21. The number of thiazole rings is 1. The van der Waals surface area contributed by atoms with Gasteiger partial charge in [0.1, 0.15) is 0 Å². The summed E-state index contributed by atoms with van der Waals surface area (Å²) in [7, 11) is 0. The summed E-state index contributed by atoms with van der Waals surface area (Å²) < 4.78 is 7.48. The normalized spacial score (nSPS) is 16.1. The minimum absolute atomic E-state index is 0.173. The second-order valence-electron chi connectivity index (χ2n) is 8.44.